The third-order valence-corrected chi connectivity index (χ3v) is 5.32. The molecule has 0 amide bonds. The molecule has 0 fully saturated rings. The van der Waals surface area contributed by atoms with Crippen molar-refractivity contribution in [3.8, 4) is 22.4 Å². The molecule has 0 bridgehead atoms. The molecule has 1 heteroatoms. The lowest BCUT2D eigenvalue weighted by molar-refractivity contribution is -0.660. The van der Waals surface area contributed by atoms with Crippen LogP contribution < -0.4 is 4.57 Å². The van der Waals surface area contributed by atoms with Gasteiger partial charge >= 0.3 is 0 Å². The highest BCUT2D eigenvalue weighted by Crippen LogP contribution is 2.34. The van der Waals surface area contributed by atoms with E-state index in [-0.39, 0.29) is 0 Å². The zero-order valence-corrected chi connectivity index (χ0v) is 15.9. The minimum absolute atomic E-state index is 1.24. The lowest BCUT2D eigenvalue weighted by atomic mass is 9.92. The van der Waals surface area contributed by atoms with Crippen LogP contribution >= 0.6 is 0 Å². The molecule has 0 unspecified atom stereocenters. The first kappa shape index (κ1) is 16.5. The van der Waals surface area contributed by atoms with Crippen LogP contribution in [-0.4, -0.2) is 0 Å². The Morgan fingerprint density at radius 2 is 1.23 bits per heavy atom. The van der Waals surface area contributed by atoms with Gasteiger partial charge in [0.25, 0.3) is 0 Å². The summed E-state index contributed by atoms with van der Waals surface area (Å²) in [5.74, 6) is 0. The second kappa shape index (κ2) is 6.42. The van der Waals surface area contributed by atoms with Crippen molar-refractivity contribution in [2.45, 2.75) is 20.8 Å². The van der Waals surface area contributed by atoms with Crippen molar-refractivity contribution in [3.63, 3.8) is 0 Å². The van der Waals surface area contributed by atoms with E-state index < -0.39 is 0 Å². The van der Waals surface area contributed by atoms with E-state index in [9.17, 15) is 0 Å². The number of rotatable bonds is 2. The molecule has 1 heterocycles. The Morgan fingerprint density at radius 1 is 0.577 bits per heavy atom. The Bertz CT molecular complexity index is 1120. The normalized spacial score (nSPS) is 11.1. The number of pyridine rings is 1. The van der Waals surface area contributed by atoms with Crippen molar-refractivity contribution in [1.82, 2.24) is 0 Å². The molecule has 1 aromatic heterocycles. The third kappa shape index (κ3) is 2.70. The van der Waals surface area contributed by atoms with Gasteiger partial charge < -0.3 is 0 Å². The van der Waals surface area contributed by atoms with Crippen molar-refractivity contribution in [2.24, 2.45) is 7.05 Å². The highest BCUT2D eigenvalue weighted by atomic mass is 14.9. The second-order valence-corrected chi connectivity index (χ2v) is 7.16. The standard InChI is InChI=1S/C25H24N/c1-17-10-7-13-22-20(17)12-8-14-23(22)24-15-25(26(4)16-19(24)3)21-11-6-5-9-18(21)2/h5-16H,1-4H3/q+1. The van der Waals surface area contributed by atoms with Gasteiger partial charge in [-0.15, -0.1) is 0 Å². The van der Waals surface area contributed by atoms with Crippen LogP contribution in [0.3, 0.4) is 0 Å². The largest absolute Gasteiger partial charge is 0.213 e. The maximum atomic E-state index is 2.34. The van der Waals surface area contributed by atoms with Crippen molar-refractivity contribution >= 4 is 10.8 Å². The zero-order valence-electron chi connectivity index (χ0n) is 15.9. The van der Waals surface area contributed by atoms with E-state index in [1.54, 1.807) is 0 Å². The summed E-state index contributed by atoms with van der Waals surface area (Å²) in [4.78, 5) is 0. The number of benzene rings is 3. The molecule has 128 valence electrons. The maximum Gasteiger partial charge on any atom is 0.213 e. The molecule has 26 heavy (non-hydrogen) atoms. The minimum Gasteiger partial charge on any atom is -0.201 e. The number of aromatic nitrogens is 1. The van der Waals surface area contributed by atoms with Crippen LogP contribution in [0.5, 0.6) is 0 Å². The van der Waals surface area contributed by atoms with Crippen LogP contribution in [0.15, 0.2) is 72.9 Å². The Labute approximate surface area is 155 Å². The molecule has 0 aliphatic heterocycles. The maximum absolute atomic E-state index is 2.34. The minimum atomic E-state index is 1.24. The third-order valence-electron chi connectivity index (χ3n) is 5.32. The predicted octanol–water partition coefficient (Wildman–Crippen LogP) is 5.92. The second-order valence-electron chi connectivity index (χ2n) is 7.16. The molecule has 0 N–H and O–H groups in total. The molecule has 0 saturated heterocycles. The number of hydrogen-bond acceptors (Lipinski definition) is 0. The zero-order chi connectivity index (χ0) is 18.3. The van der Waals surface area contributed by atoms with E-state index in [4.69, 9.17) is 0 Å². The van der Waals surface area contributed by atoms with Crippen LogP contribution in [0, 0.1) is 20.8 Å². The highest BCUT2D eigenvalue weighted by Gasteiger charge is 2.17. The van der Waals surface area contributed by atoms with E-state index in [1.165, 1.54) is 49.8 Å². The van der Waals surface area contributed by atoms with Gasteiger partial charge in [-0.2, -0.15) is 0 Å². The average Bonchev–Trinajstić information content (AvgIpc) is 2.63. The molecule has 0 radical (unpaired) electrons. The van der Waals surface area contributed by atoms with Crippen LogP contribution in [0.4, 0.5) is 0 Å². The molecule has 3 aromatic carbocycles. The molecule has 0 saturated carbocycles. The topological polar surface area (TPSA) is 3.88 Å². The molecule has 4 rings (SSSR count). The lowest BCUT2D eigenvalue weighted by Crippen LogP contribution is -2.31. The van der Waals surface area contributed by atoms with Gasteiger partial charge in [0.05, 0.1) is 0 Å². The summed E-state index contributed by atoms with van der Waals surface area (Å²) in [5.41, 5.74) is 9.05. The summed E-state index contributed by atoms with van der Waals surface area (Å²) in [5, 5.41) is 2.65. The van der Waals surface area contributed by atoms with Crippen molar-refractivity contribution in [2.75, 3.05) is 0 Å². The summed E-state index contributed by atoms with van der Waals surface area (Å²) < 4.78 is 2.23. The summed E-state index contributed by atoms with van der Waals surface area (Å²) in [7, 11) is 2.13. The van der Waals surface area contributed by atoms with Gasteiger partial charge in [0.1, 0.15) is 7.05 Å². The van der Waals surface area contributed by atoms with Crippen LogP contribution in [0.25, 0.3) is 33.2 Å². The van der Waals surface area contributed by atoms with Crippen LogP contribution in [0.2, 0.25) is 0 Å². The molecule has 0 atom stereocenters. The van der Waals surface area contributed by atoms with Crippen LogP contribution in [0.1, 0.15) is 16.7 Å². The lowest BCUT2D eigenvalue weighted by Gasteiger charge is -2.13. The summed E-state index contributed by atoms with van der Waals surface area (Å²) in [6, 6.07) is 24.1. The molecule has 4 aromatic rings. The van der Waals surface area contributed by atoms with Gasteiger partial charge in [-0.1, -0.05) is 54.6 Å². The molecule has 1 nitrogen and oxygen atoms in total. The van der Waals surface area contributed by atoms with Crippen molar-refractivity contribution in [1.29, 1.82) is 0 Å². The fourth-order valence-corrected chi connectivity index (χ4v) is 3.90. The van der Waals surface area contributed by atoms with Gasteiger partial charge in [-0.05, 0) is 59.9 Å². The Morgan fingerprint density at radius 3 is 2.04 bits per heavy atom. The molecule has 0 spiro atoms. The number of hydrogen-bond donors (Lipinski definition) is 0. The van der Waals surface area contributed by atoms with Crippen molar-refractivity contribution < 1.29 is 4.57 Å². The first-order chi connectivity index (χ1) is 12.6. The monoisotopic (exact) mass is 338 g/mol. The summed E-state index contributed by atoms with van der Waals surface area (Å²) >= 11 is 0. The number of aryl methyl sites for hydroxylation is 4. The highest BCUT2D eigenvalue weighted by molar-refractivity contribution is 5.99. The van der Waals surface area contributed by atoms with E-state index in [1.807, 2.05) is 0 Å². The van der Waals surface area contributed by atoms with Gasteiger partial charge in [0.15, 0.2) is 6.20 Å². The molecular weight excluding hydrogens is 314 g/mol. The molecule has 0 aliphatic carbocycles. The quantitative estimate of drug-likeness (QED) is 0.399. The number of nitrogens with zero attached hydrogens (tertiary/aromatic N) is 1. The van der Waals surface area contributed by atoms with Crippen molar-refractivity contribution in [3.05, 3.63) is 89.6 Å². The first-order valence-corrected chi connectivity index (χ1v) is 9.11. The summed E-state index contributed by atoms with van der Waals surface area (Å²) in [6.07, 6.45) is 2.24. The smallest absolute Gasteiger partial charge is 0.201 e. The molecular formula is C25H24N+. The fraction of sp³-hybridized carbons (Fsp3) is 0.160. The Balaban J connectivity index is 2.01. The SMILES string of the molecule is Cc1c[n+](C)c(-c2ccccc2C)cc1-c1cccc2c(C)cccc12. The summed E-state index contributed by atoms with van der Waals surface area (Å²) in [6.45, 7) is 6.56. The number of fused-ring (bicyclic) bond motifs is 1. The van der Waals surface area contributed by atoms with Gasteiger partial charge in [-0.25, -0.2) is 4.57 Å². The predicted molar refractivity (Wildman–Crippen MR) is 110 cm³/mol. The van der Waals surface area contributed by atoms with E-state index in [0.29, 0.717) is 0 Å². The van der Waals surface area contributed by atoms with E-state index in [2.05, 4.69) is 105 Å². The fourth-order valence-electron chi connectivity index (χ4n) is 3.90. The first-order valence-electron chi connectivity index (χ1n) is 9.11. The molecule has 0 aliphatic rings. The Kier molecular flexibility index (Phi) is 4.08. The van der Waals surface area contributed by atoms with Gasteiger partial charge in [0, 0.05) is 17.2 Å². The average molecular weight is 338 g/mol. The van der Waals surface area contributed by atoms with E-state index in [0.717, 1.165) is 0 Å². The van der Waals surface area contributed by atoms with Crippen LogP contribution in [-0.2, 0) is 7.05 Å². The van der Waals surface area contributed by atoms with E-state index >= 15 is 0 Å². The Hall–Kier alpha value is -2.93. The van der Waals surface area contributed by atoms with Gasteiger partial charge in [0.2, 0.25) is 5.69 Å². The van der Waals surface area contributed by atoms with Gasteiger partial charge in [-0.3, -0.25) is 0 Å².